The molecule has 1 saturated heterocycles. The van der Waals surface area contributed by atoms with Gasteiger partial charge in [0.25, 0.3) is 0 Å². The minimum Gasteiger partial charge on any atom is -0.478 e. The van der Waals surface area contributed by atoms with Crippen LogP contribution in [0.15, 0.2) is 4.99 Å². The largest absolute Gasteiger partial charge is 0.478 e. The summed E-state index contributed by atoms with van der Waals surface area (Å²) in [6.07, 6.45) is 3.64. The second-order valence-electron chi connectivity index (χ2n) is 5.10. The summed E-state index contributed by atoms with van der Waals surface area (Å²) in [7, 11) is 0. The van der Waals surface area contributed by atoms with Crippen molar-refractivity contribution in [1.29, 1.82) is 0 Å². The van der Waals surface area contributed by atoms with Crippen molar-refractivity contribution < 1.29 is 4.74 Å². The number of hydrogen-bond acceptors (Lipinski definition) is 3. The van der Waals surface area contributed by atoms with Crippen LogP contribution in [0.1, 0.15) is 33.1 Å². The Balaban J connectivity index is 1.87. The van der Waals surface area contributed by atoms with Crippen molar-refractivity contribution in [2.45, 2.75) is 39.2 Å². The summed E-state index contributed by atoms with van der Waals surface area (Å²) in [6.45, 7) is 7.50. The minimum absolute atomic E-state index is 0.418. The molecule has 2 atom stereocenters. The summed E-state index contributed by atoms with van der Waals surface area (Å²) in [5.74, 6) is 2.27. The Bertz CT molecular complexity index is 232. The molecule has 1 N–H and O–H groups in total. The van der Waals surface area contributed by atoms with Gasteiger partial charge in [-0.2, -0.15) is 0 Å². The number of aliphatic imine (C=N–C) groups is 1. The topological polar surface area (TPSA) is 33.6 Å². The van der Waals surface area contributed by atoms with Crippen LogP contribution in [0, 0.1) is 11.8 Å². The Hall–Kier alpha value is -0.570. The van der Waals surface area contributed by atoms with Crippen LogP contribution in [-0.2, 0) is 4.74 Å². The number of piperidine rings is 1. The van der Waals surface area contributed by atoms with Gasteiger partial charge in [0.15, 0.2) is 5.90 Å². The number of nitrogens with one attached hydrogen (secondary N) is 1. The van der Waals surface area contributed by atoms with E-state index in [1.165, 1.54) is 12.8 Å². The van der Waals surface area contributed by atoms with Gasteiger partial charge in [0.2, 0.25) is 0 Å². The van der Waals surface area contributed by atoms with E-state index in [0.717, 1.165) is 32.0 Å². The number of rotatable bonds is 3. The van der Waals surface area contributed by atoms with Gasteiger partial charge in [-0.1, -0.05) is 13.8 Å². The quantitative estimate of drug-likeness (QED) is 0.771. The first kappa shape index (κ1) is 10.9. The Labute approximate surface area is 92.3 Å². The molecule has 86 valence electrons. The van der Waals surface area contributed by atoms with Crippen molar-refractivity contribution in [2.24, 2.45) is 16.8 Å². The van der Waals surface area contributed by atoms with Crippen molar-refractivity contribution in [1.82, 2.24) is 5.32 Å². The van der Waals surface area contributed by atoms with Crippen LogP contribution in [0.4, 0.5) is 0 Å². The van der Waals surface area contributed by atoms with Gasteiger partial charge >= 0.3 is 0 Å². The van der Waals surface area contributed by atoms with E-state index in [0.29, 0.717) is 17.9 Å². The van der Waals surface area contributed by atoms with Crippen molar-refractivity contribution in [2.75, 3.05) is 19.7 Å². The molecule has 2 aliphatic heterocycles. The van der Waals surface area contributed by atoms with E-state index in [9.17, 15) is 0 Å². The second-order valence-corrected chi connectivity index (χ2v) is 5.10. The third-order valence-corrected chi connectivity index (χ3v) is 3.12. The maximum absolute atomic E-state index is 5.72. The molecule has 1 fully saturated rings. The van der Waals surface area contributed by atoms with Crippen molar-refractivity contribution >= 4 is 5.90 Å². The van der Waals surface area contributed by atoms with Crippen LogP contribution < -0.4 is 5.32 Å². The molecule has 0 aromatic heterocycles. The average Bonchev–Trinajstić information content (AvgIpc) is 2.67. The van der Waals surface area contributed by atoms with Crippen LogP contribution in [-0.4, -0.2) is 31.6 Å². The highest BCUT2D eigenvalue weighted by Crippen LogP contribution is 2.21. The van der Waals surface area contributed by atoms with Gasteiger partial charge < -0.3 is 10.1 Å². The Morgan fingerprint density at radius 3 is 3.07 bits per heavy atom. The van der Waals surface area contributed by atoms with Gasteiger partial charge in [0.1, 0.15) is 6.61 Å². The molecular weight excluding hydrogens is 188 g/mol. The lowest BCUT2D eigenvalue weighted by atomic mass is 9.99. The van der Waals surface area contributed by atoms with Crippen LogP contribution in [0.2, 0.25) is 0 Å². The van der Waals surface area contributed by atoms with Crippen molar-refractivity contribution in [3.05, 3.63) is 0 Å². The van der Waals surface area contributed by atoms with E-state index in [1.54, 1.807) is 0 Å². The summed E-state index contributed by atoms with van der Waals surface area (Å²) in [5, 5.41) is 3.41. The molecule has 3 heteroatoms. The fourth-order valence-electron chi connectivity index (χ4n) is 2.39. The third kappa shape index (κ3) is 2.94. The summed E-state index contributed by atoms with van der Waals surface area (Å²) in [5.41, 5.74) is 0. The molecule has 2 heterocycles. The molecule has 2 rings (SSSR count). The highest BCUT2D eigenvalue weighted by Gasteiger charge is 2.27. The molecule has 0 saturated carbocycles. The fourth-order valence-corrected chi connectivity index (χ4v) is 2.39. The van der Waals surface area contributed by atoms with Crippen LogP contribution in [0.5, 0.6) is 0 Å². The molecule has 0 radical (unpaired) electrons. The lowest BCUT2D eigenvalue weighted by molar-refractivity contribution is 0.275. The number of hydrogen-bond donors (Lipinski definition) is 1. The van der Waals surface area contributed by atoms with Gasteiger partial charge in [-0.3, -0.25) is 0 Å². The summed E-state index contributed by atoms with van der Waals surface area (Å²) >= 11 is 0. The Morgan fingerprint density at radius 2 is 2.40 bits per heavy atom. The lowest BCUT2D eigenvalue weighted by Gasteiger charge is -2.21. The highest BCUT2D eigenvalue weighted by atomic mass is 16.5. The minimum atomic E-state index is 0.418. The molecule has 2 unspecified atom stereocenters. The summed E-state index contributed by atoms with van der Waals surface area (Å²) < 4.78 is 5.72. The van der Waals surface area contributed by atoms with Gasteiger partial charge in [-0.15, -0.1) is 0 Å². The zero-order valence-electron chi connectivity index (χ0n) is 9.83. The van der Waals surface area contributed by atoms with Gasteiger partial charge in [0, 0.05) is 12.5 Å². The van der Waals surface area contributed by atoms with Crippen LogP contribution in [0.3, 0.4) is 0 Å². The summed E-state index contributed by atoms with van der Waals surface area (Å²) in [4.78, 5) is 4.71. The normalized spacial score (nSPS) is 31.5. The van der Waals surface area contributed by atoms with Gasteiger partial charge in [-0.05, 0) is 31.7 Å². The van der Waals surface area contributed by atoms with E-state index in [1.807, 2.05) is 0 Å². The zero-order valence-corrected chi connectivity index (χ0v) is 9.83. The van der Waals surface area contributed by atoms with Crippen LogP contribution in [0.25, 0.3) is 0 Å². The number of ether oxygens (including phenoxy) is 1. The Morgan fingerprint density at radius 1 is 1.53 bits per heavy atom. The smallest absolute Gasteiger partial charge is 0.188 e. The fraction of sp³-hybridized carbons (Fsp3) is 0.917. The predicted molar refractivity (Wildman–Crippen MR) is 62.2 cm³/mol. The van der Waals surface area contributed by atoms with E-state index in [4.69, 9.17) is 9.73 Å². The van der Waals surface area contributed by atoms with Crippen molar-refractivity contribution in [3.8, 4) is 0 Å². The molecule has 0 aromatic carbocycles. The molecular formula is C12H22N2O. The first-order valence-electron chi connectivity index (χ1n) is 6.17. The monoisotopic (exact) mass is 210 g/mol. The molecule has 0 aliphatic carbocycles. The first-order chi connectivity index (χ1) is 7.25. The highest BCUT2D eigenvalue weighted by molar-refractivity contribution is 5.80. The molecule has 0 aromatic rings. The molecule has 3 nitrogen and oxygen atoms in total. The number of nitrogens with zero attached hydrogens (tertiary/aromatic N) is 1. The van der Waals surface area contributed by atoms with E-state index in [2.05, 4.69) is 19.2 Å². The SMILES string of the molecule is CC(C)CC1COC(C2CCCNC2)=N1. The van der Waals surface area contributed by atoms with E-state index in [-0.39, 0.29) is 0 Å². The molecule has 15 heavy (non-hydrogen) atoms. The first-order valence-corrected chi connectivity index (χ1v) is 6.17. The maximum atomic E-state index is 5.72. The van der Waals surface area contributed by atoms with Gasteiger partial charge in [0.05, 0.1) is 6.04 Å². The third-order valence-electron chi connectivity index (χ3n) is 3.12. The second kappa shape index (κ2) is 4.97. The van der Waals surface area contributed by atoms with E-state index < -0.39 is 0 Å². The Kier molecular flexibility index (Phi) is 3.62. The van der Waals surface area contributed by atoms with Crippen LogP contribution >= 0.6 is 0 Å². The molecule has 0 bridgehead atoms. The van der Waals surface area contributed by atoms with Gasteiger partial charge in [-0.25, -0.2) is 4.99 Å². The van der Waals surface area contributed by atoms with Crippen molar-refractivity contribution in [3.63, 3.8) is 0 Å². The zero-order chi connectivity index (χ0) is 10.7. The lowest BCUT2D eigenvalue weighted by Crippen LogP contribution is -2.34. The molecule has 2 aliphatic rings. The molecule has 0 amide bonds. The summed E-state index contributed by atoms with van der Waals surface area (Å²) in [6, 6.07) is 0.418. The average molecular weight is 210 g/mol. The molecule has 0 spiro atoms. The maximum Gasteiger partial charge on any atom is 0.188 e. The standard InChI is InChI=1S/C12H22N2O/c1-9(2)6-11-8-15-12(14-11)10-4-3-5-13-7-10/h9-11,13H,3-8H2,1-2H3. The predicted octanol–water partition coefficient (Wildman–Crippen LogP) is 1.83. The van der Waals surface area contributed by atoms with E-state index >= 15 is 0 Å².